The first-order valence-electron chi connectivity index (χ1n) is 7.19. The van der Waals surface area contributed by atoms with E-state index in [1.54, 1.807) is 31.6 Å². The third kappa shape index (κ3) is 2.74. The smallest absolute Gasteiger partial charge is 0.254 e. The Kier molecular flexibility index (Phi) is 4.18. The molecule has 1 saturated heterocycles. The number of aryl methyl sites for hydroxylation is 1. The predicted molar refractivity (Wildman–Crippen MR) is 84.0 cm³/mol. The number of benzene rings is 1. The number of aromatic amines is 1. The van der Waals surface area contributed by atoms with Crippen molar-refractivity contribution < 1.29 is 9.53 Å². The summed E-state index contributed by atoms with van der Waals surface area (Å²) in [5.74, 6) is 0.744. The number of carbonyl (C=O) groups is 1. The highest BCUT2D eigenvalue weighted by molar-refractivity contribution is 6.31. The summed E-state index contributed by atoms with van der Waals surface area (Å²) in [6.45, 7) is 2.46. The summed E-state index contributed by atoms with van der Waals surface area (Å²) in [6, 6.07) is 5.27. The SMILES string of the molecule is CO[C@@H]1CC(c2ncc[nH]2)N(C(=O)c2cc(Cl)ccc2C)C1. The molecule has 0 bridgehead atoms. The Morgan fingerprint density at radius 3 is 3.00 bits per heavy atom. The van der Waals surface area contributed by atoms with Crippen LogP contribution >= 0.6 is 11.6 Å². The molecule has 116 valence electrons. The van der Waals surface area contributed by atoms with E-state index < -0.39 is 0 Å². The van der Waals surface area contributed by atoms with Crippen LogP contribution in [0.25, 0.3) is 0 Å². The quantitative estimate of drug-likeness (QED) is 0.946. The van der Waals surface area contributed by atoms with Gasteiger partial charge in [0.05, 0.1) is 12.1 Å². The summed E-state index contributed by atoms with van der Waals surface area (Å²) < 4.78 is 5.45. The summed E-state index contributed by atoms with van der Waals surface area (Å²) in [5, 5.41) is 0.561. The minimum atomic E-state index is -0.106. The molecule has 1 N–H and O–H groups in total. The molecule has 0 spiro atoms. The molecule has 1 aromatic heterocycles. The van der Waals surface area contributed by atoms with E-state index in [0.29, 0.717) is 17.1 Å². The van der Waals surface area contributed by atoms with Gasteiger partial charge in [0.2, 0.25) is 0 Å². The number of hydrogen-bond acceptors (Lipinski definition) is 3. The molecule has 0 aliphatic carbocycles. The topological polar surface area (TPSA) is 58.2 Å². The Labute approximate surface area is 134 Å². The maximum atomic E-state index is 13.0. The van der Waals surface area contributed by atoms with Gasteiger partial charge in [-0.05, 0) is 24.6 Å². The molecular formula is C16H18ClN3O2. The molecule has 2 heterocycles. The molecule has 1 aromatic carbocycles. The van der Waals surface area contributed by atoms with Gasteiger partial charge in [0.25, 0.3) is 5.91 Å². The zero-order valence-electron chi connectivity index (χ0n) is 12.5. The molecule has 1 unspecified atom stereocenters. The molecule has 22 heavy (non-hydrogen) atoms. The lowest BCUT2D eigenvalue weighted by Crippen LogP contribution is -2.32. The van der Waals surface area contributed by atoms with Crippen molar-refractivity contribution in [1.29, 1.82) is 0 Å². The number of nitrogens with zero attached hydrogens (tertiary/aromatic N) is 2. The third-order valence-electron chi connectivity index (χ3n) is 4.12. The molecule has 0 saturated carbocycles. The fraction of sp³-hybridized carbons (Fsp3) is 0.375. The Morgan fingerprint density at radius 2 is 2.32 bits per heavy atom. The molecule has 2 aromatic rings. The third-order valence-corrected chi connectivity index (χ3v) is 4.36. The van der Waals surface area contributed by atoms with Crippen molar-refractivity contribution in [2.45, 2.75) is 25.5 Å². The lowest BCUT2D eigenvalue weighted by Gasteiger charge is -2.23. The molecule has 1 amide bonds. The molecule has 6 heteroatoms. The van der Waals surface area contributed by atoms with Crippen molar-refractivity contribution in [3.63, 3.8) is 0 Å². The first-order valence-corrected chi connectivity index (χ1v) is 7.57. The minimum absolute atomic E-state index is 0.0125. The van der Waals surface area contributed by atoms with Gasteiger partial charge in [-0.3, -0.25) is 4.79 Å². The second-order valence-corrected chi connectivity index (χ2v) is 5.94. The lowest BCUT2D eigenvalue weighted by molar-refractivity contribution is 0.0684. The molecule has 1 fully saturated rings. The van der Waals surface area contributed by atoms with Crippen LogP contribution < -0.4 is 0 Å². The minimum Gasteiger partial charge on any atom is -0.380 e. The number of carbonyl (C=O) groups excluding carboxylic acids is 1. The largest absolute Gasteiger partial charge is 0.380 e. The van der Waals surface area contributed by atoms with Crippen LogP contribution in [0.2, 0.25) is 5.02 Å². The maximum absolute atomic E-state index is 13.0. The number of ether oxygens (including phenoxy) is 1. The average molecular weight is 320 g/mol. The Morgan fingerprint density at radius 1 is 1.50 bits per heavy atom. The van der Waals surface area contributed by atoms with E-state index in [4.69, 9.17) is 16.3 Å². The van der Waals surface area contributed by atoms with Gasteiger partial charge in [-0.15, -0.1) is 0 Å². The first kappa shape index (κ1) is 15.1. The predicted octanol–water partition coefficient (Wildman–Crippen LogP) is 2.97. The highest BCUT2D eigenvalue weighted by atomic mass is 35.5. The van der Waals surface area contributed by atoms with Crippen molar-refractivity contribution >= 4 is 17.5 Å². The number of hydrogen-bond donors (Lipinski definition) is 1. The van der Waals surface area contributed by atoms with E-state index in [1.807, 2.05) is 17.9 Å². The number of methoxy groups -OCH3 is 1. The highest BCUT2D eigenvalue weighted by Gasteiger charge is 2.38. The van der Waals surface area contributed by atoms with Gasteiger partial charge in [0.15, 0.2) is 0 Å². The first-order chi connectivity index (χ1) is 10.6. The van der Waals surface area contributed by atoms with Crippen LogP contribution in [-0.4, -0.2) is 40.5 Å². The van der Waals surface area contributed by atoms with E-state index >= 15 is 0 Å². The summed E-state index contributed by atoms with van der Waals surface area (Å²) in [5.41, 5.74) is 1.54. The summed E-state index contributed by atoms with van der Waals surface area (Å²) in [7, 11) is 1.67. The van der Waals surface area contributed by atoms with E-state index in [2.05, 4.69) is 9.97 Å². The summed E-state index contributed by atoms with van der Waals surface area (Å²) in [6.07, 6.45) is 4.21. The van der Waals surface area contributed by atoms with E-state index in [-0.39, 0.29) is 18.1 Å². The van der Waals surface area contributed by atoms with Crippen molar-refractivity contribution in [3.05, 3.63) is 52.6 Å². The summed E-state index contributed by atoms with van der Waals surface area (Å²) >= 11 is 6.05. The molecule has 2 atom stereocenters. The van der Waals surface area contributed by atoms with Crippen LogP contribution in [0, 0.1) is 6.92 Å². The number of amides is 1. The monoisotopic (exact) mass is 319 g/mol. The van der Waals surface area contributed by atoms with Crippen molar-refractivity contribution in [2.75, 3.05) is 13.7 Å². The van der Waals surface area contributed by atoms with Gasteiger partial charge in [0.1, 0.15) is 5.82 Å². The van der Waals surface area contributed by atoms with Gasteiger partial charge in [-0.25, -0.2) is 4.98 Å². The van der Waals surface area contributed by atoms with Crippen LogP contribution in [0.15, 0.2) is 30.6 Å². The fourth-order valence-electron chi connectivity index (χ4n) is 2.89. The fourth-order valence-corrected chi connectivity index (χ4v) is 3.06. The zero-order chi connectivity index (χ0) is 15.7. The van der Waals surface area contributed by atoms with Gasteiger partial charge in [-0.1, -0.05) is 17.7 Å². The number of imidazole rings is 1. The normalized spacial score (nSPS) is 21.3. The molecular weight excluding hydrogens is 302 g/mol. The molecule has 0 radical (unpaired) electrons. The second kappa shape index (κ2) is 6.10. The van der Waals surface area contributed by atoms with Crippen LogP contribution in [-0.2, 0) is 4.74 Å². The highest BCUT2D eigenvalue weighted by Crippen LogP contribution is 2.33. The number of nitrogens with one attached hydrogen (secondary N) is 1. The van der Waals surface area contributed by atoms with Gasteiger partial charge in [0, 0.05) is 43.1 Å². The van der Waals surface area contributed by atoms with Crippen molar-refractivity contribution in [3.8, 4) is 0 Å². The molecule has 1 aliphatic heterocycles. The van der Waals surface area contributed by atoms with E-state index in [9.17, 15) is 4.79 Å². The van der Waals surface area contributed by atoms with E-state index in [1.165, 1.54) is 0 Å². The standard InChI is InChI=1S/C16H18ClN3O2/c1-10-3-4-11(17)7-13(10)16(21)20-9-12(22-2)8-14(20)15-18-5-6-19-15/h3-7,12,14H,8-9H2,1-2H3,(H,18,19)/t12-,14?/m1/s1. The second-order valence-electron chi connectivity index (χ2n) is 5.50. The molecule has 1 aliphatic rings. The molecule has 3 rings (SSSR count). The zero-order valence-corrected chi connectivity index (χ0v) is 13.3. The van der Waals surface area contributed by atoms with Gasteiger partial charge >= 0.3 is 0 Å². The average Bonchev–Trinajstić information content (AvgIpc) is 3.17. The Bertz CT molecular complexity index is 672. The van der Waals surface area contributed by atoms with Crippen LogP contribution in [0.1, 0.15) is 34.2 Å². The summed E-state index contributed by atoms with van der Waals surface area (Å²) in [4.78, 5) is 22.2. The number of H-pyrrole nitrogens is 1. The number of halogens is 1. The van der Waals surface area contributed by atoms with Crippen LogP contribution in [0.5, 0.6) is 0 Å². The number of rotatable bonds is 3. The Hall–Kier alpha value is -1.85. The van der Waals surface area contributed by atoms with Crippen molar-refractivity contribution in [2.24, 2.45) is 0 Å². The Balaban J connectivity index is 1.93. The molecule has 5 nitrogen and oxygen atoms in total. The van der Waals surface area contributed by atoms with Crippen LogP contribution in [0.3, 0.4) is 0 Å². The number of aromatic nitrogens is 2. The van der Waals surface area contributed by atoms with Crippen molar-refractivity contribution in [1.82, 2.24) is 14.9 Å². The van der Waals surface area contributed by atoms with Gasteiger partial charge < -0.3 is 14.6 Å². The number of likely N-dealkylation sites (tertiary alicyclic amines) is 1. The lowest BCUT2D eigenvalue weighted by atomic mass is 10.1. The maximum Gasteiger partial charge on any atom is 0.254 e. The van der Waals surface area contributed by atoms with Crippen LogP contribution in [0.4, 0.5) is 0 Å². The van der Waals surface area contributed by atoms with E-state index in [0.717, 1.165) is 17.8 Å². The van der Waals surface area contributed by atoms with Gasteiger partial charge in [-0.2, -0.15) is 0 Å².